The van der Waals surface area contributed by atoms with E-state index in [2.05, 4.69) is 29.6 Å². The molecule has 0 saturated carbocycles. The monoisotopic (exact) mass is 464 g/mol. The second kappa shape index (κ2) is 10.7. The molecule has 2 atom stereocenters. The van der Waals surface area contributed by atoms with Crippen LogP contribution in [0.2, 0.25) is 0 Å². The number of carbonyl (C=O) groups is 3. The molecule has 7 nitrogen and oxygen atoms in total. The molecule has 1 fully saturated rings. The Morgan fingerprint density at radius 3 is 2.32 bits per heavy atom. The van der Waals surface area contributed by atoms with Crippen molar-refractivity contribution >= 4 is 18.0 Å². The summed E-state index contributed by atoms with van der Waals surface area (Å²) in [5, 5.41) is 12.1. The van der Waals surface area contributed by atoms with Crippen molar-refractivity contribution in [2.75, 3.05) is 19.7 Å². The Bertz CT molecular complexity index is 1010. The second-order valence-corrected chi connectivity index (χ2v) is 9.12. The van der Waals surface area contributed by atoms with E-state index in [1.54, 1.807) is 4.90 Å². The van der Waals surface area contributed by atoms with Gasteiger partial charge in [-0.2, -0.15) is 0 Å². The van der Waals surface area contributed by atoms with E-state index < -0.39 is 18.0 Å². The van der Waals surface area contributed by atoms with E-state index in [0.29, 0.717) is 38.8 Å². The lowest BCUT2D eigenvalue weighted by atomic mass is 9.90. The molecule has 2 aromatic carbocycles. The smallest absolute Gasteiger partial charge is 0.407 e. The van der Waals surface area contributed by atoms with Gasteiger partial charge in [0.2, 0.25) is 5.91 Å². The molecular formula is C27H32N2O5. The third-order valence-corrected chi connectivity index (χ3v) is 7.06. The molecule has 180 valence electrons. The van der Waals surface area contributed by atoms with Crippen LogP contribution in [0.25, 0.3) is 11.1 Å². The maximum absolute atomic E-state index is 12.5. The number of benzene rings is 2. The zero-order valence-corrected chi connectivity index (χ0v) is 19.5. The van der Waals surface area contributed by atoms with E-state index in [1.807, 2.05) is 31.2 Å². The maximum atomic E-state index is 12.5. The maximum Gasteiger partial charge on any atom is 0.407 e. The van der Waals surface area contributed by atoms with Crippen LogP contribution in [0.4, 0.5) is 4.79 Å². The van der Waals surface area contributed by atoms with Gasteiger partial charge in [0.1, 0.15) is 6.61 Å². The summed E-state index contributed by atoms with van der Waals surface area (Å²) in [6.45, 7) is 3.13. The molecule has 1 saturated heterocycles. The number of nitrogens with zero attached hydrogens (tertiary/aromatic N) is 1. The Hall–Kier alpha value is -3.35. The van der Waals surface area contributed by atoms with Crippen LogP contribution in [0.1, 0.15) is 56.1 Å². The van der Waals surface area contributed by atoms with E-state index in [4.69, 9.17) is 4.74 Å². The van der Waals surface area contributed by atoms with Crippen LogP contribution in [0, 0.1) is 5.92 Å². The predicted octanol–water partition coefficient (Wildman–Crippen LogP) is 4.41. The molecule has 0 aromatic heterocycles. The van der Waals surface area contributed by atoms with Gasteiger partial charge in [-0.05, 0) is 54.9 Å². The molecule has 2 unspecified atom stereocenters. The van der Waals surface area contributed by atoms with Crippen molar-refractivity contribution in [1.29, 1.82) is 0 Å². The Labute approximate surface area is 200 Å². The van der Waals surface area contributed by atoms with Gasteiger partial charge in [0.05, 0.1) is 5.92 Å². The number of piperidine rings is 1. The molecule has 34 heavy (non-hydrogen) atoms. The Morgan fingerprint density at radius 1 is 1.03 bits per heavy atom. The minimum Gasteiger partial charge on any atom is -0.481 e. The van der Waals surface area contributed by atoms with Gasteiger partial charge in [-0.1, -0.05) is 48.5 Å². The van der Waals surface area contributed by atoms with Crippen molar-refractivity contribution in [3.8, 4) is 11.1 Å². The lowest BCUT2D eigenvalue weighted by Gasteiger charge is -2.37. The molecule has 1 aliphatic heterocycles. The van der Waals surface area contributed by atoms with E-state index in [-0.39, 0.29) is 24.5 Å². The first-order valence-corrected chi connectivity index (χ1v) is 12.1. The van der Waals surface area contributed by atoms with Crippen molar-refractivity contribution in [3.05, 3.63) is 59.7 Å². The molecule has 0 bridgehead atoms. The minimum absolute atomic E-state index is 0.0143. The van der Waals surface area contributed by atoms with Gasteiger partial charge in [-0.25, -0.2) is 4.79 Å². The lowest BCUT2D eigenvalue weighted by Crippen LogP contribution is -2.49. The fraction of sp³-hybridized carbons (Fsp3) is 0.444. The highest BCUT2D eigenvalue weighted by Gasteiger charge is 2.35. The molecule has 1 heterocycles. The molecular weight excluding hydrogens is 432 g/mol. The first-order chi connectivity index (χ1) is 16.5. The van der Waals surface area contributed by atoms with Crippen LogP contribution >= 0.6 is 0 Å². The van der Waals surface area contributed by atoms with Gasteiger partial charge in [0.15, 0.2) is 0 Å². The van der Waals surface area contributed by atoms with Crippen molar-refractivity contribution in [2.45, 2.75) is 51.0 Å². The Kier molecular flexibility index (Phi) is 7.50. The van der Waals surface area contributed by atoms with Crippen LogP contribution < -0.4 is 5.32 Å². The highest BCUT2D eigenvalue weighted by atomic mass is 16.5. The second-order valence-electron chi connectivity index (χ2n) is 9.12. The van der Waals surface area contributed by atoms with E-state index in [1.165, 1.54) is 22.3 Å². The van der Waals surface area contributed by atoms with E-state index >= 15 is 0 Å². The number of carbonyl (C=O) groups excluding carboxylic acids is 2. The van der Waals surface area contributed by atoms with Crippen LogP contribution in [-0.4, -0.2) is 53.7 Å². The highest BCUT2D eigenvalue weighted by Crippen LogP contribution is 2.44. The topological polar surface area (TPSA) is 95.9 Å². The average Bonchev–Trinajstić information content (AvgIpc) is 3.16. The lowest BCUT2D eigenvalue weighted by molar-refractivity contribution is -0.149. The molecule has 2 aromatic rings. The number of likely N-dealkylation sites (tertiary alicyclic amines) is 1. The zero-order valence-electron chi connectivity index (χ0n) is 19.5. The summed E-state index contributed by atoms with van der Waals surface area (Å²) in [4.78, 5) is 37.9. The van der Waals surface area contributed by atoms with Gasteiger partial charge in [0, 0.05) is 31.5 Å². The van der Waals surface area contributed by atoms with Gasteiger partial charge < -0.3 is 20.1 Å². The number of unbranched alkanes of at least 4 members (excludes halogenated alkanes) is 1. The molecule has 0 radical (unpaired) electrons. The summed E-state index contributed by atoms with van der Waals surface area (Å²) in [6, 6.07) is 16.1. The minimum atomic E-state index is -0.836. The number of aliphatic carboxylic acids is 1. The Balaban J connectivity index is 1.18. The number of rotatable bonds is 8. The zero-order chi connectivity index (χ0) is 24.1. The summed E-state index contributed by atoms with van der Waals surface area (Å²) < 4.78 is 5.53. The molecule has 2 amide bonds. The first kappa shape index (κ1) is 23.8. The average molecular weight is 465 g/mol. The fourth-order valence-electron chi connectivity index (χ4n) is 5.21. The number of ether oxygens (including phenoxy) is 1. The predicted molar refractivity (Wildman–Crippen MR) is 128 cm³/mol. The van der Waals surface area contributed by atoms with Gasteiger partial charge >= 0.3 is 12.1 Å². The number of alkyl carbamates (subject to hydrolysis) is 1. The molecule has 2 N–H and O–H groups in total. The number of nitrogens with one attached hydrogen (secondary N) is 1. The van der Waals surface area contributed by atoms with Crippen LogP contribution in [0.5, 0.6) is 0 Å². The highest BCUT2D eigenvalue weighted by molar-refractivity contribution is 5.79. The quantitative estimate of drug-likeness (QED) is 0.565. The van der Waals surface area contributed by atoms with Crippen molar-refractivity contribution in [1.82, 2.24) is 10.2 Å². The fourth-order valence-corrected chi connectivity index (χ4v) is 5.21. The number of hydrogen-bond donors (Lipinski definition) is 2. The van der Waals surface area contributed by atoms with Gasteiger partial charge in [-0.15, -0.1) is 0 Å². The molecule has 2 aliphatic rings. The third kappa shape index (κ3) is 5.08. The van der Waals surface area contributed by atoms with Crippen LogP contribution in [-0.2, 0) is 14.3 Å². The largest absolute Gasteiger partial charge is 0.481 e. The van der Waals surface area contributed by atoms with Crippen LogP contribution in [0.3, 0.4) is 0 Å². The summed E-state index contributed by atoms with van der Waals surface area (Å²) in [6.07, 6.45) is 2.51. The van der Waals surface area contributed by atoms with Crippen molar-refractivity contribution in [2.24, 2.45) is 5.92 Å². The SMILES string of the molecule is CC1C(C(=O)O)CCCN1C(=O)CCCCNC(=O)OCC1c2ccccc2-c2ccccc21. The third-order valence-electron chi connectivity index (χ3n) is 7.06. The van der Waals surface area contributed by atoms with Gasteiger partial charge in [0.25, 0.3) is 0 Å². The molecule has 1 aliphatic carbocycles. The van der Waals surface area contributed by atoms with Crippen molar-refractivity contribution < 1.29 is 24.2 Å². The molecule has 7 heteroatoms. The normalized spacial score (nSPS) is 19.3. The van der Waals surface area contributed by atoms with E-state index in [9.17, 15) is 19.5 Å². The number of fused-ring (bicyclic) bond motifs is 3. The number of carboxylic acids is 1. The summed E-state index contributed by atoms with van der Waals surface area (Å²) in [5.41, 5.74) is 4.73. The standard InChI is InChI=1S/C27H32N2O5/c1-18-19(26(31)32)13-8-16-29(18)25(30)14-6-7-15-28-27(33)34-17-24-22-11-4-2-9-20(22)21-10-3-5-12-23(21)24/h2-5,9-12,18-19,24H,6-8,13-17H2,1H3,(H,28,33)(H,31,32). The van der Waals surface area contributed by atoms with Crippen molar-refractivity contribution in [3.63, 3.8) is 0 Å². The van der Waals surface area contributed by atoms with Crippen LogP contribution in [0.15, 0.2) is 48.5 Å². The summed E-state index contributed by atoms with van der Waals surface area (Å²) in [5.74, 6) is -1.32. The summed E-state index contributed by atoms with van der Waals surface area (Å²) in [7, 11) is 0. The number of carboxylic acid groups (broad SMARTS) is 1. The molecule has 4 rings (SSSR count). The molecule has 0 spiro atoms. The number of amides is 2. The van der Waals surface area contributed by atoms with Gasteiger partial charge in [-0.3, -0.25) is 9.59 Å². The number of hydrogen-bond acceptors (Lipinski definition) is 4. The Morgan fingerprint density at radius 2 is 1.68 bits per heavy atom. The summed E-state index contributed by atoms with van der Waals surface area (Å²) >= 11 is 0. The first-order valence-electron chi connectivity index (χ1n) is 12.1. The van der Waals surface area contributed by atoms with E-state index in [0.717, 1.165) is 6.42 Å².